The Hall–Kier alpha value is -2.71. The zero-order valence-electron chi connectivity index (χ0n) is 17.4. The van der Waals surface area contributed by atoms with Crippen LogP contribution in [-0.4, -0.2) is 56.3 Å². The molecule has 2 aliphatic rings. The lowest BCUT2D eigenvalue weighted by Gasteiger charge is -2.31. The number of aromatic nitrogens is 3. The average Bonchev–Trinajstić information content (AvgIpc) is 3.58. The highest BCUT2D eigenvalue weighted by Gasteiger charge is 2.30. The second-order valence-corrected chi connectivity index (χ2v) is 9.43. The molecule has 4 aromatic rings. The van der Waals surface area contributed by atoms with Gasteiger partial charge in [-0.15, -0.1) is 11.3 Å². The van der Waals surface area contributed by atoms with Gasteiger partial charge in [-0.25, -0.2) is 9.97 Å². The highest BCUT2D eigenvalue weighted by molar-refractivity contribution is 7.15. The molecule has 0 radical (unpaired) electrons. The summed E-state index contributed by atoms with van der Waals surface area (Å²) in [6, 6.07) is 7.95. The van der Waals surface area contributed by atoms with Crippen molar-refractivity contribution in [2.75, 3.05) is 26.2 Å². The maximum atomic E-state index is 13.2. The monoisotopic (exact) mass is 435 g/mol. The van der Waals surface area contributed by atoms with E-state index in [1.165, 1.54) is 0 Å². The summed E-state index contributed by atoms with van der Waals surface area (Å²) in [6.45, 7) is 4.27. The summed E-state index contributed by atoms with van der Waals surface area (Å²) in [4.78, 5) is 27.9. The smallest absolute Gasteiger partial charge is 0.274 e. The van der Waals surface area contributed by atoms with Crippen molar-refractivity contribution in [1.82, 2.24) is 24.2 Å². The summed E-state index contributed by atoms with van der Waals surface area (Å²) in [6.07, 6.45) is 6.36. The van der Waals surface area contributed by atoms with E-state index in [9.17, 15) is 4.79 Å². The molecular formula is C23H25N5O2S. The number of nitrogens with zero attached hydrogens (tertiary/aromatic N) is 5. The lowest BCUT2D eigenvalue weighted by molar-refractivity contribution is 0.0784. The van der Waals surface area contributed by atoms with Gasteiger partial charge in [-0.05, 0) is 44.4 Å². The van der Waals surface area contributed by atoms with Crippen molar-refractivity contribution < 1.29 is 9.21 Å². The zero-order valence-corrected chi connectivity index (χ0v) is 18.2. The van der Waals surface area contributed by atoms with Gasteiger partial charge in [0, 0.05) is 43.7 Å². The van der Waals surface area contributed by atoms with Crippen LogP contribution in [0.15, 0.2) is 40.3 Å². The summed E-state index contributed by atoms with van der Waals surface area (Å²) in [7, 11) is 0. The quantitative estimate of drug-likeness (QED) is 0.482. The van der Waals surface area contributed by atoms with Crippen molar-refractivity contribution in [3.8, 4) is 0 Å². The summed E-state index contributed by atoms with van der Waals surface area (Å²) >= 11 is 1.58. The van der Waals surface area contributed by atoms with Crippen LogP contribution in [0.3, 0.4) is 0 Å². The fourth-order valence-electron chi connectivity index (χ4n) is 4.90. The van der Waals surface area contributed by atoms with Gasteiger partial charge in [0.15, 0.2) is 22.1 Å². The van der Waals surface area contributed by atoms with Crippen molar-refractivity contribution in [2.24, 2.45) is 0 Å². The predicted molar refractivity (Wildman–Crippen MR) is 119 cm³/mol. The first kappa shape index (κ1) is 19.0. The Balaban J connectivity index is 1.26. The Morgan fingerprint density at radius 2 is 2.00 bits per heavy atom. The van der Waals surface area contributed by atoms with Gasteiger partial charge in [0.05, 0.1) is 5.69 Å². The van der Waals surface area contributed by atoms with Gasteiger partial charge in [0.1, 0.15) is 5.52 Å². The number of thiazole rings is 1. The first-order valence-electron chi connectivity index (χ1n) is 11.1. The molecule has 1 aromatic carbocycles. The van der Waals surface area contributed by atoms with E-state index in [-0.39, 0.29) is 11.8 Å². The van der Waals surface area contributed by atoms with Crippen LogP contribution in [0.25, 0.3) is 16.1 Å². The number of piperidine rings is 1. The second kappa shape index (κ2) is 7.76. The van der Waals surface area contributed by atoms with Crippen molar-refractivity contribution in [3.63, 3.8) is 0 Å². The number of hydrogen-bond acceptors (Lipinski definition) is 6. The van der Waals surface area contributed by atoms with Gasteiger partial charge in [0.25, 0.3) is 5.91 Å². The molecule has 5 heterocycles. The van der Waals surface area contributed by atoms with Crippen LogP contribution < -0.4 is 0 Å². The molecule has 1 amide bonds. The molecular weight excluding hydrogens is 410 g/mol. The molecule has 160 valence electrons. The minimum Gasteiger partial charge on any atom is -0.440 e. The number of hydrogen-bond donors (Lipinski definition) is 0. The molecule has 0 spiro atoms. The minimum atomic E-state index is 0.0795. The van der Waals surface area contributed by atoms with Crippen molar-refractivity contribution in [3.05, 3.63) is 53.1 Å². The first-order chi connectivity index (χ1) is 15.3. The normalized spacial score (nSPS) is 20.3. The zero-order chi connectivity index (χ0) is 20.8. The van der Waals surface area contributed by atoms with Crippen LogP contribution in [0.5, 0.6) is 0 Å². The van der Waals surface area contributed by atoms with E-state index in [0.29, 0.717) is 12.2 Å². The SMILES string of the molecule is O=C(c1nc2sccn2c1CN1CCC[C@@H](c2nc3ccccc3o2)C1)N1CCCC1. The Morgan fingerprint density at radius 1 is 1.13 bits per heavy atom. The third kappa shape index (κ3) is 3.43. The standard InChI is InChI=1S/C23H25N5O2S/c29-22(27-10-3-4-11-27)20-18(28-12-13-31-23(28)25-20)15-26-9-5-6-16(14-26)21-24-17-7-1-2-8-19(17)30-21/h1-2,7-8,12-13,16H,3-6,9-11,14-15H2/t16-/m1/s1. The maximum Gasteiger partial charge on any atom is 0.274 e. The minimum absolute atomic E-state index is 0.0795. The first-order valence-corrected chi connectivity index (χ1v) is 12.0. The van der Waals surface area contributed by atoms with E-state index in [0.717, 1.165) is 79.5 Å². The van der Waals surface area contributed by atoms with Gasteiger partial charge >= 0.3 is 0 Å². The fourth-order valence-corrected chi connectivity index (χ4v) is 5.63. The van der Waals surface area contributed by atoms with Crippen LogP contribution in [0, 0.1) is 0 Å². The number of imidazole rings is 1. The molecule has 0 N–H and O–H groups in total. The summed E-state index contributed by atoms with van der Waals surface area (Å²) in [5.41, 5.74) is 3.40. The molecule has 1 atom stereocenters. The van der Waals surface area contributed by atoms with Gasteiger partial charge < -0.3 is 9.32 Å². The van der Waals surface area contributed by atoms with Crippen LogP contribution in [0.2, 0.25) is 0 Å². The van der Waals surface area contributed by atoms with E-state index in [1.807, 2.05) is 40.7 Å². The Bertz CT molecular complexity index is 1200. The molecule has 0 bridgehead atoms. The number of carbonyl (C=O) groups is 1. The van der Waals surface area contributed by atoms with Crippen molar-refractivity contribution in [2.45, 2.75) is 38.1 Å². The molecule has 7 nitrogen and oxygen atoms in total. The fraction of sp³-hybridized carbons (Fsp3) is 0.435. The van der Waals surface area contributed by atoms with E-state index >= 15 is 0 Å². The molecule has 31 heavy (non-hydrogen) atoms. The highest BCUT2D eigenvalue weighted by Crippen LogP contribution is 2.30. The van der Waals surface area contributed by atoms with Gasteiger partial charge in [-0.3, -0.25) is 14.1 Å². The number of amides is 1. The molecule has 2 saturated heterocycles. The summed E-state index contributed by atoms with van der Waals surface area (Å²) < 4.78 is 8.16. The van der Waals surface area contributed by atoms with Gasteiger partial charge in [-0.1, -0.05) is 12.1 Å². The largest absolute Gasteiger partial charge is 0.440 e. The van der Waals surface area contributed by atoms with E-state index < -0.39 is 0 Å². The molecule has 6 rings (SSSR count). The molecule has 2 fully saturated rings. The van der Waals surface area contributed by atoms with Gasteiger partial charge in [0.2, 0.25) is 0 Å². The highest BCUT2D eigenvalue weighted by atomic mass is 32.1. The number of para-hydroxylation sites is 2. The lowest BCUT2D eigenvalue weighted by Crippen LogP contribution is -2.35. The van der Waals surface area contributed by atoms with Gasteiger partial charge in [-0.2, -0.15) is 0 Å². The van der Waals surface area contributed by atoms with Crippen molar-refractivity contribution >= 4 is 33.3 Å². The molecule has 0 unspecified atom stereocenters. The second-order valence-electron chi connectivity index (χ2n) is 8.56. The summed E-state index contributed by atoms with van der Waals surface area (Å²) in [5, 5.41) is 2.03. The number of fused-ring (bicyclic) bond motifs is 2. The number of carbonyl (C=O) groups excluding carboxylic acids is 1. The average molecular weight is 436 g/mol. The van der Waals surface area contributed by atoms with E-state index in [2.05, 4.69) is 9.30 Å². The Morgan fingerprint density at radius 3 is 2.87 bits per heavy atom. The predicted octanol–water partition coefficient (Wildman–Crippen LogP) is 4.15. The number of likely N-dealkylation sites (tertiary alicyclic amines) is 2. The Labute approximate surface area is 184 Å². The lowest BCUT2D eigenvalue weighted by atomic mass is 9.97. The van der Waals surface area contributed by atoms with Crippen LogP contribution in [0.1, 0.15) is 53.7 Å². The molecule has 3 aromatic heterocycles. The molecule has 8 heteroatoms. The number of benzene rings is 1. The third-order valence-corrected chi connectivity index (χ3v) is 7.25. The van der Waals surface area contributed by atoms with E-state index in [4.69, 9.17) is 14.4 Å². The number of oxazole rings is 1. The molecule has 0 saturated carbocycles. The van der Waals surface area contributed by atoms with Crippen LogP contribution in [-0.2, 0) is 6.54 Å². The molecule has 0 aliphatic carbocycles. The maximum absolute atomic E-state index is 13.2. The van der Waals surface area contributed by atoms with Crippen molar-refractivity contribution in [1.29, 1.82) is 0 Å². The van der Waals surface area contributed by atoms with Crippen LogP contribution >= 0.6 is 11.3 Å². The molecule has 2 aliphatic heterocycles. The summed E-state index contributed by atoms with van der Waals surface area (Å²) in [5.74, 6) is 1.17. The topological polar surface area (TPSA) is 66.9 Å². The van der Waals surface area contributed by atoms with E-state index in [1.54, 1.807) is 11.3 Å². The van der Waals surface area contributed by atoms with Crippen LogP contribution in [0.4, 0.5) is 0 Å². The Kier molecular flexibility index (Phi) is 4.76. The third-order valence-electron chi connectivity index (χ3n) is 6.50. The number of rotatable bonds is 4.